The first-order valence-electron chi connectivity index (χ1n) is 7.12. The van der Waals surface area contributed by atoms with Gasteiger partial charge in [-0.25, -0.2) is 9.78 Å². The molecule has 0 aliphatic carbocycles. The third kappa shape index (κ3) is 3.60. The largest absolute Gasteiger partial charge is 0.359 e. The number of nitrogens with zero attached hydrogens (tertiary/aromatic N) is 2. The quantitative estimate of drug-likeness (QED) is 0.748. The number of rotatable bonds is 4. The Kier molecular flexibility index (Phi) is 4.45. The highest BCUT2D eigenvalue weighted by molar-refractivity contribution is 7.18. The second-order valence-electron chi connectivity index (χ2n) is 5.29. The minimum Gasteiger partial charge on any atom is -0.359 e. The summed E-state index contributed by atoms with van der Waals surface area (Å²) in [6.45, 7) is 4.09. The van der Waals surface area contributed by atoms with E-state index in [0.717, 1.165) is 15.6 Å². The van der Waals surface area contributed by atoms with Crippen LogP contribution in [-0.4, -0.2) is 21.0 Å². The Morgan fingerprint density at radius 2 is 2.09 bits per heavy atom. The molecule has 3 aromatic rings. The number of nitrogens with one attached hydrogen (secondary N) is 2. The lowest BCUT2D eigenvalue weighted by Gasteiger charge is -2.05. The Hall–Kier alpha value is -2.18. The maximum atomic E-state index is 11.9. The van der Waals surface area contributed by atoms with Crippen molar-refractivity contribution >= 4 is 28.1 Å². The van der Waals surface area contributed by atoms with E-state index < -0.39 is 5.69 Å². The molecule has 0 fully saturated rings. The molecule has 0 unspecified atom stereocenters. The van der Waals surface area contributed by atoms with E-state index in [2.05, 4.69) is 20.3 Å². The van der Waals surface area contributed by atoms with Crippen LogP contribution in [0.15, 0.2) is 41.3 Å². The predicted molar refractivity (Wildman–Crippen MR) is 95.2 cm³/mol. The van der Waals surface area contributed by atoms with E-state index in [9.17, 15) is 4.79 Å². The Morgan fingerprint density at radius 1 is 1.30 bits per heavy atom. The van der Waals surface area contributed by atoms with Crippen molar-refractivity contribution in [3.05, 3.63) is 52.0 Å². The predicted octanol–water partition coefficient (Wildman–Crippen LogP) is 4.03. The van der Waals surface area contributed by atoms with Gasteiger partial charge in [-0.3, -0.25) is 0 Å². The molecule has 1 aromatic carbocycles. The van der Waals surface area contributed by atoms with Crippen LogP contribution in [0.2, 0.25) is 5.02 Å². The van der Waals surface area contributed by atoms with Gasteiger partial charge in [-0.2, -0.15) is 4.98 Å². The Morgan fingerprint density at radius 3 is 2.83 bits per heavy atom. The molecule has 0 aliphatic rings. The molecule has 2 heterocycles. The third-order valence-corrected chi connectivity index (χ3v) is 4.37. The second kappa shape index (κ2) is 6.52. The van der Waals surface area contributed by atoms with Crippen molar-refractivity contribution in [2.75, 3.05) is 5.32 Å². The molecule has 0 atom stereocenters. The first-order chi connectivity index (χ1) is 11.0. The van der Waals surface area contributed by atoms with E-state index in [4.69, 9.17) is 11.6 Å². The number of aromatic amines is 1. The number of thiazole rings is 1. The summed E-state index contributed by atoms with van der Waals surface area (Å²) in [6.07, 6.45) is 1.73. The number of anilines is 1. The summed E-state index contributed by atoms with van der Waals surface area (Å²) in [5.41, 5.74) is 1.53. The van der Waals surface area contributed by atoms with Crippen LogP contribution in [0.1, 0.15) is 13.8 Å². The van der Waals surface area contributed by atoms with Crippen LogP contribution in [0.5, 0.6) is 0 Å². The lowest BCUT2D eigenvalue weighted by molar-refractivity contribution is 0.896. The summed E-state index contributed by atoms with van der Waals surface area (Å²) in [5, 5.41) is 4.61. The molecule has 5 nitrogen and oxygen atoms in total. The van der Waals surface area contributed by atoms with Gasteiger partial charge in [-0.1, -0.05) is 41.1 Å². The molecular formula is C16H15ClN4OS. The van der Waals surface area contributed by atoms with Crippen LogP contribution >= 0.6 is 22.9 Å². The molecule has 118 valence electrons. The smallest absolute Gasteiger partial charge is 0.345 e. The van der Waals surface area contributed by atoms with E-state index >= 15 is 0 Å². The van der Waals surface area contributed by atoms with Crippen LogP contribution in [-0.2, 0) is 0 Å². The fourth-order valence-electron chi connectivity index (χ4n) is 2.11. The molecule has 2 N–H and O–H groups in total. The maximum Gasteiger partial charge on any atom is 0.345 e. The topological polar surface area (TPSA) is 70.7 Å². The summed E-state index contributed by atoms with van der Waals surface area (Å²) in [7, 11) is 0. The highest BCUT2D eigenvalue weighted by Gasteiger charge is 2.11. The van der Waals surface area contributed by atoms with Gasteiger partial charge in [0.2, 0.25) is 0 Å². The number of halogens is 1. The normalized spacial score (nSPS) is 11.0. The van der Waals surface area contributed by atoms with Gasteiger partial charge in [0.05, 0.1) is 16.3 Å². The zero-order valence-electron chi connectivity index (χ0n) is 12.6. The molecule has 23 heavy (non-hydrogen) atoms. The first kappa shape index (κ1) is 15.7. The summed E-state index contributed by atoms with van der Waals surface area (Å²) in [6, 6.07) is 9.43. The number of hydrogen-bond donors (Lipinski definition) is 2. The third-order valence-electron chi connectivity index (χ3n) is 3.08. The fourth-order valence-corrected chi connectivity index (χ4v) is 3.28. The van der Waals surface area contributed by atoms with Crippen LogP contribution in [0, 0.1) is 0 Å². The van der Waals surface area contributed by atoms with Crippen molar-refractivity contribution < 1.29 is 0 Å². The standard InChI is InChI=1S/C16H15ClN4OS/c1-9(2)19-16-18-8-14(23-16)13-7-12(20-15(22)21-13)10-5-3-4-6-11(10)17/h3-9H,1-2H3,(H,18,19)(H,20,21,22). The van der Waals surface area contributed by atoms with E-state index in [1.807, 2.05) is 38.1 Å². The average molecular weight is 347 g/mol. The zero-order chi connectivity index (χ0) is 16.4. The number of aromatic nitrogens is 3. The summed E-state index contributed by atoms with van der Waals surface area (Å²) in [4.78, 5) is 23.9. The van der Waals surface area contributed by atoms with Crippen molar-refractivity contribution in [3.8, 4) is 21.8 Å². The molecule has 0 saturated carbocycles. The first-order valence-corrected chi connectivity index (χ1v) is 8.31. The molecule has 3 rings (SSSR count). The molecule has 7 heteroatoms. The van der Waals surface area contributed by atoms with Crippen molar-refractivity contribution in [3.63, 3.8) is 0 Å². The lowest BCUT2D eigenvalue weighted by atomic mass is 10.1. The van der Waals surface area contributed by atoms with E-state index in [-0.39, 0.29) is 0 Å². The minimum absolute atomic E-state index is 0.296. The number of H-pyrrole nitrogens is 1. The van der Waals surface area contributed by atoms with Gasteiger partial charge in [0.25, 0.3) is 0 Å². The average Bonchev–Trinajstić information content (AvgIpc) is 2.95. The molecule has 2 aromatic heterocycles. The van der Waals surface area contributed by atoms with E-state index in [1.54, 1.807) is 12.3 Å². The van der Waals surface area contributed by atoms with Gasteiger partial charge < -0.3 is 10.3 Å². The molecule has 0 bridgehead atoms. The van der Waals surface area contributed by atoms with Crippen molar-refractivity contribution in [2.45, 2.75) is 19.9 Å². The van der Waals surface area contributed by atoms with Crippen LogP contribution < -0.4 is 11.0 Å². The summed E-state index contributed by atoms with van der Waals surface area (Å²) < 4.78 is 0. The molecule has 0 saturated heterocycles. The van der Waals surface area contributed by atoms with Crippen LogP contribution in [0.4, 0.5) is 5.13 Å². The Bertz CT molecular complexity index is 888. The molecule has 0 amide bonds. The van der Waals surface area contributed by atoms with E-state index in [0.29, 0.717) is 22.5 Å². The Labute approximate surface area is 142 Å². The Balaban J connectivity index is 2.03. The monoisotopic (exact) mass is 346 g/mol. The van der Waals surface area contributed by atoms with Crippen molar-refractivity contribution in [2.24, 2.45) is 0 Å². The van der Waals surface area contributed by atoms with Gasteiger partial charge in [-0.05, 0) is 26.0 Å². The molecule has 0 aliphatic heterocycles. The summed E-state index contributed by atoms with van der Waals surface area (Å²) in [5.74, 6) is 0. The molecule has 0 radical (unpaired) electrons. The molecule has 0 spiro atoms. The van der Waals surface area contributed by atoms with Gasteiger partial charge >= 0.3 is 5.69 Å². The highest BCUT2D eigenvalue weighted by atomic mass is 35.5. The highest BCUT2D eigenvalue weighted by Crippen LogP contribution is 2.31. The van der Waals surface area contributed by atoms with Gasteiger partial charge in [0.15, 0.2) is 5.13 Å². The SMILES string of the molecule is CC(C)Nc1ncc(-c2cc(-c3ccccc3Cl)nc(=O)[nH]2)s1. The van der Waals surface area contributed by atoms with E-state index in [1.165, 1.54) is 11.3 Å². The zero-order valence-corrected chi connectivity index (χ0v) is 14.2. The van der Waals surface area contributed by atoms with Gasteiger partial charge in [-0.15, -0.1) is 0 Å². The minimum atomic E-state index is -0.413. The van der Waals surface area contributed by atoms with Crippen LogP contribution in [0.25, 0.3) is 21.8 Å². The summed E-state index contributed by atoms with van der Waals surface area (Å²) >= 11 is 7.68. The maximum absolute atomic E-state index is 11.9. The van der Waals surface area contributed by atoms with Gasteiger partial charge in [0.1, 0.15) is 0 Å². The molecular weight excluding hydrogens is 332 g/mol. The number of benzene rings is 1. The fraction of sp³-hybridized carbons (Fsp3) is 0.188. The van der Waals surface area contributed by atoms with Crippen molar-refractivity contribution in [1.82, 2.24) is 15.0 Å². The lowest BCUT2D eigenvalue weighted by Crippen LogP contribution is -2.11. The second-order valence-corrected chi connectivity index (χ2v) is 6.73. The van der Waals surface area contributed by atoms with Crippen molar-refractivity contribution in [1.29, 1.82) is 0 Å². The number of hydrogen-bond acceptors (Lipinski definition) is 5. The van der Waals surface area contributed by atoms with Gasteiger partial charge in [0, 0.05) is 22.8 Å². The van der Waals surface area contributed by atoms with Crippen LogP contribution in [0.3, 0.4) is 0 Å².